The topological polar surface area (TPSA) is 79.8 Å². The smallest absolute Gasteiger partial charge is 0.280 e. The van der Waals surface area contributed by atoms with E-state index in [0.29, 0.717) is 15.8 Å². The molecule has 3 aromatic heterocycles. The molecule has 1 amide bonds. The lowest BCUT2D eigenvalue weighted by atomic mass is 10.3. The number of nitrogens with zero attached hydrogens (tertiary/aromatic N) is 3. The molecule has 0 aromatic carbocycles. The molecule has 6 nitrogen and oxygen atoms in total. The Labute approximate surface area is 174 Å². The van der Waals surface area contributed by atoms with Gasteiger partial charge in [-0.05, 0) is 44.5 Å². The summed E-state index contributed by atoms with van der Waals surface area (Å²) in [5.74, 6) is 0.594. The summed E-state index contributed by atoms with van der Waals surface area (Å²) in [6.07, 6.45) is 5.56. The number of hydrogen-bond acceptors (Lipinski definition) is 6. The first kappa shape index (κ1) is 21.8. The van der Waals surface area contributed by atoms with Gasteiger partial charge in [-0.25, -0.2) is 9.97 Å². The molecule has 0 radical (unpaired) electrons. The lowest BCUT2D eigenvalue weighted by Gasteiger charge is -2.06. The lowest BCUT2D eigenvalue weighted by Crippen LogP contribution is -2.24. The zero-order valence-corrected chi connectivity index (χ0v) is 17.8. The highest BCUT2D eigenvalue weighted by atomic mass is 35.5. The number of aromatic nitrogens is 3. The predicted octanol–water partition coefficient (Wildman–Crippen LogP) is 5.16. The Bertz CT molecular complexity index is 882. The van der Waals surface area contributed by atoms with Crippen LogP contribution in [0.4, 0.5) is 11.5 Å². The molecule has 0 bridgehead atoms. The van der Waals surface area contributed by atoms with Gasteiger partial charge >= 0.3 is 0 Å². The number of halogens is 1. The zero-order chi connectivity index (χ0) is 20.4. The van der Waals surface area contributed by atoms with Crippen LogP contribution in [0.3, 0.4) is 0 Å². The van der Waals surface area contributed by atoms with Crippen molar-refractivity contribution in [3.63, 3.8) is 0 Å². The van der Waals surface area contributed by atoms with Crippen molar-refractivity contribution >= 4 is 40.4 Å². The summed E-state index contributed by atoms with van der Waals surface area (Å²) < 4.78 is 0. The Kier molecular flexibility index (Phi) is 8.84. The molecule has 0 aliphatic heterocycles. The number of thiazole rings is 1. The molecular weight excluding hydrogens is 394 g/mol. The van der Waals surface area contributed by atoms with Gasteiger partial charge in [0.1, 0.15) is 5.82 Å². The molecule has 0 unspecified atom stereocenters. The van der Waals surface area contributed by atoms with Crippen molar-refractivity contribution in [3.8, 4) is 0 Å². The summed E-state index contributed by atoms with van der Waals surface area (Å²) in [5.41, 5.74) is 2.76. The van der Waals surface area contributed by atoms with Crippen molar-refractivity contribution in [1.82, 2.24) is 20.3 Å². The maximum Gasteiger partial charge on any atom is 0.280 e. The van der Waals surface area contributed by atoms with Crippen LogP contribution in [-0.4, -0.2) is 27.4 Å². The highest BCUT2D eigenvalue weighted by Crippen LogP contribution is 2.21. The minimum atomic E-state index is -0.0495. The van der Waals surface area contributed by atoms with E-state index in [1.807, 2.05) is 31.4 Å². The van der Waals surface area contributed by atoms with Gasteiger partial charge in [0, 0.05) is 29.5 Å². The molecule has 0 aliphatic carbocycles. The molecule has 0 aliphatic rings. The third kappa shape index (κ3) is 7.25. The van der Waals surface area contributed by atoms with Crippen LogP contribution in [0.25, 0.3) is 0 Å². The highest BCUT2D eigenvalue weighted by molar-refractivity contribution is 7.11. The van der Waals surface area contributed by atoms with Crippen LogP contribution in [0.1, 0.15) is 41.0 Å². The van der Waals surface area contributed by atoms with Gasteiger partial charge in [0.05, 0.1) is 16.9 Å². The van der Waals surface area contributed by atoms with E-state index in [0.717, 1.165) is 36.5 Å². The number of nitrogens with one attached hydrogen (secondary N) is 2. The van der Waals surface area contributed by atoms with E-state index in [1.54, 1.807) is 24.5 Å². The van der Waals surface area contributed by atoms with Gasteiger partial charge in [-0.15, -0.1) is 11.3 Å². The SMILES string of the molecule is CCCCNC(=O)c1nc(C)cs1.Cc1ccc(Nc2ncccc2Cl)cn1. The van der Waals surface area contributed by atoms with Gasteiger partial charge in [0.15, 0.2) is 5.01 Å². The van der Waals surface area contributed by atoms with Crippen LogP contribution in [-0.2, 0) is 0 Å². The Morgan fingerprint density at radius 3 is 2.61 bits per heavy atom. The molecule has 0 saturated heterocycles. The van der Waals surface area contributed by atoms with Crippen LogP contribution in [0.15, 0.2) is 42.0 Å². The lowest BCUT2D eigenvalue weighted by molar-refractivity contribution is 0.0952. The van der Waals surface area contributed by atoms with Crippen LogP contribution < -0.4 is 10.6 Å². The third-order valence-corrected chi connectivity index (χ3v) is 4.83. The molecule has 28 heavy (non-hydrogen) atoms. The van der Waals surface area contributed by atoms with Gasteiger partial charge in [0.2, 0.25) is 0 Å². The summed E-state index contributed by atoms with van der Waals surface area (Å²) in [6, 6.07) is 7.45. The van der Waals surface area contributed by atoms with E-state index in [1.165, 1.54) is 11.3 Å². The zero-order valence-electron chi connectivity index (χ0n) is 16.2. The molecule has 3 aromatic rings. The van der Waals surface area contributed by atoms with E-state index in [4.69, 9.17) is 11.6 Å². The maximum atomic E-state index is 11.4. The molecule has 2 N–H and O–H groups in total. The number of aryl methyl sites for hydroxylation is 2. The van der Waals surface area contributed by atoms with Crippen LogP contribution in [0.2, 0.25) is 5.02 Å². The maximum absolute atomic E-state index is 11.4. The van der Waals surface area contributed by atoms with E-state index in [9.17, 15) is 4.79 Å². The van der Waals surface area contributed by atoms with Crippen LogP contribution in [0, 0.1) is 13.8 Å². The largest absolute Gasteiger partial charge is 0.350 e. The molecule has 0 saturated carbocycles. The van der Waals surface area contributed by atoms with Crippen molar-refractivity contribution in [2.45, 2.75) is 33.6 Å². The van der Waals surface area contributed by atoms with Crippen LogP contribution >= 0.6 is 22.9 Å². The number of anilines is 2. The molecule has 0 atom stereocenters. The fourth-order valence-corrected chi connectivity index (χ4v) is 2.95. The summed E-state index contributed by atoms with van der Waals surface area (Å²) in [4.78, 5) is 23.8. The molecule has 8 heteroatoms. The summed E-state index contributed by atoms with van der Waals surface area (Å²) in [5, 5.41) is 8.96. The second kappa shape index (κ2) is 11.4. The summed E-state index contributed by atoms with van der Waals surface area (Å²) >= 11 is 7.35. The average Bonchev–Trinajstić information content (AvgIpc) is 3.13. The van der Waals surface area contributed by atoms with Crippen LogP contribution in [0.5, 0.6) is 0 Å². The Balaban J connectivity index is 0.000000203. The first-order valence-corrected chi connectivity index (χ1v) is 10.3. The number of pyridine rings is 2. The first-order valence-electron chi connectivity index (χ1n) is 9.00. The number of unbranched alkanes of at least 4 members (excludes halogenated alkanes) is 1. The van der Waals surface area contributed by atoms with Gasteiger partial charge in [0.25, 0.3) is 5.91 Å². The highest BCUT2D eigenvalue weighted by Gasteiger charge is 2.07. The van der Waals surface area contributed by atoms with Gasteiger partial charge in [-0.1, -0.05) is 24.9 Å². The van der Waals surface area contributed by atoms with Crippen molar-refractivity contribution in [3.05, 3.63) is 63.5 Å². The van der Waals surface area contributed by atoms with E-state index >= 15 is 0 Å². The second-order valence-electron chi connectivity index (χ2n) is 6.05. The number of carbonyl (C=O) groups is 1. The quantitative estimate of drug-likeness (QED) is 0.541. The number of amides is 1. The van der Waals surface area contributed by atoms with Gasteiger partial charge in [-0.3, -0.25) is 9.78 Å². The average molecular weight is 418 g/mol. The number of rotatable bonds is 6. The second-order valence-corrected chi connectivity index (χ2v) is 7.32. The Morgan fingerprint density at radius 1 is 1.18 bits per heavy atom. The summed E-state index contributed by atoms with van der Waals surface area (Å²) in [6.45, 7) is 6.67. The predicted molar refractivity (Wildman–Crippen MR) is 116 cm³/mol. The Hall–Kier alpha value is -2.51. The minimum Gasteiger partial charge on any atom is -0.350 e. The Morgan fingerprint density at radius 2 is 2.00 bits per heavy atom. The van der Waals surface area contributed by atoms with Crippen molar-refractivity contribution in [2.75, 3.05) is 11.9 Å². The monoisotopic (exact) mass is 417 g/mol. The molecule has 0 fully saturated rings. The molecule has 148 valence electrons. The van der Waals surface area contributed by atoms with E-state index in [2.05, 4.69) is 32.5 Å². The molecule has 3 heterocycles. The number of hydrogen-bond donors (Lipinski definition) is 2. The van der Waals surface area contributed by atoms with Crippen molar-refractivity contribution < 1.29 is 4.79 Å². The van der Waals surface area contributed by atoms with E-state index < -0.39 is 0 Å². The molecule has 0 spiro atoms. The third-order valence-electron chi connectivity index (χ3n) is 3.56. The van der Waals surface area contributed by atoms with Gasteiger partial charge in [-0.2, -0.15) is 0 Å². The fraction of sp³-hybridized carbons (Fsp3) is 0.300. The minimum absolute atomic E-state index is 0.0495. The summed E-state index contributed by atoms with van der Waals surface area (Å²) in [7, 11) is 0. The van der Waals surface area contributed by atoms with Crippen molar-refractivity contribution in [2.24, 2.45) is 0 Å². The molecular formula is C20H24ClN5OS. The normalized spacial score (nSPS) is 10.0. The standard InChI is InChI=1S/C11H10ClN3.C9H14N2OS/c1-8-4-5-9(7-14-8)15-11-10(12)3-2-6-13-11;1-3-4-5-10-8(12)9-11-7(2)6-13-9/h2-7H,1H3,(H,13,15);6H,3-5H2,1-2H3,(H,10,12). The van der Waals surface area contributed by atoms with Crippen molar-refractivity contribution in [1.29, 1.82) is 0 Å². The van der Waals surface area contributed by atoms with Gasteiger partial charge < -0.3 is 10.6 Å². The number of carbonyl (C=O) groups excluding carboxylic acids is 1. The van der Waals surface area contributed by atoms with E-state index in [-0.39, 0.29) is 5.91 Å². The molecule has 3 rings (SSSR count). The fourth-order valence-electron chi connectivity index (χ4n) is 2.07. The first-order chi connectivity index (χ1) is 13.5.